The number of hydrogen-bond donors (Lipinski definition) is 2. The maximum atomic E-state index is 11.9. The molecule has 2 aromatic heterocycles. The zero-order valence-corrected chi connectivity index (χ0v) is 14.0. The number of hydrogen-bond acceptors (Lipinski definition) is 3. The number of fused-ring (bicyclic) bond motifs is 1. The van der Waals surface area contributed by atoms with Crippen molar-refractivity contribution in [3.8, 4) is 5.75 Å². The first-order chi connectivity index (χ1) is 11.1. The van der Waals surface area contributed by atoms with Crippen LogP contribution in [0, 0.1) is 0 Å². The van der Waals surface area contributed by atoms with E-state index in [1.165, 1.54) is 0 Å². The van der Waals surface area contributed by atoms with E-state index in [-0.39, 0.29) is 6.03 Å². The molecule has 6 nitrogen and oxygen atoms in total. The molecule has 0 radical (unpaired) electrons. The number of halogens is 1. The second-order valence-electron chi connectivity index (χ2n) is 4.88. The number of pyridine rings is 1. The monoisotopic (exact) mass is 374 g/mol. The molecule has 23 heavy (non-hydrogen) atoms. The Morgan fingerprint density at radius 3 is 3.00 bits per heavy atom. The normalized spacial score (nSPS) is 10.5. The van der Waals surface area contributed by atoms with Crippen molar-refractivity contribution in [1.29, 1.82) is 0 Å². The summed E-state index contributed by atoms with van der Waals surface area (Å²) in [5.74, 6) is 0.689. The number of nitrogens with one attached hydrogen (secondary N) is 2. The first-order valence-electron chi connectivity index (χ1n) is 6.96. The highest BCUT2D eigenvalue weighted by Gasteiger charge is 2.06. The van der Waals surface area contributed by atoms with Crippen LogP contribution in [0.1, 0.15) is 5.69 Å². The van der Waals surface area contributed by atoms with Gasteiger partial charge in [-0.25, -0.2) is 9.78 Å². The summed E-state index contributed by atoms with van der Waals surface area (Å²) >= 11 is 3.41. The van der Waals surface area contributed by atoms with Gasteiger partial charge in [-0.3, -0.25) is 0 Å². The summed E-state index contributed by atoms with van der Waals surface area (Å²) < 4.78 is 7.99. The molecule has 2 heterocycles. The van der Waals surface area contributed by atoms with Crippen LogP contribution in [0.4, 0.5) is 10.5 Å². The molecule has 0 fully saturated rings. The van der Waals surface area contributed by atoms with E-state index in [4.69, 9.17) is 4.74 Å². The van der Waals surface area contributed by atoms with Crippen molar-refractivity contribution in [2.45, 2.75) is 6.54 Å². The Morgan fingerprint density at radius 2 is 2.17 bits per heavy atom. The number of amides is 2. The molecule has 0 saturated carbocycles. The first-order valence-corrected chi connectivity index (χ1v) is 7.75. The molecule has 0 atom stereocenters. The Labute approximate surface area is 141 Å². The van der Waals surface area contributed by atoms with Gasteiger partial charge in [0.25, 0.3) is 0 Å². The van der Waals surface area contributed by atoms with Crippen LogP contribution in [-0.4, -0.2) is 22.5 Å². The average molecular weight is 375 g/mol. The van der Waals surface area contributed by atoms with E-state index in [9.17, 15) is 4.79 Å². The summed E-state index contributed by atoms with van der Waals surface area (Å²) in [6.07, 6.45) is 3.80. The van der Waals surface area contributed by atoms with E-state index in [0.29, 0.717) is 18.0 Å². The third-order valence-electron chi connectivity index (χ3n) is 3.22. The molecule has 2 N–H and O–H groups in total. The second kappa shape index (κ2) is 6.70. The quantitative estimate of drug-likeness (QED) is 0.734. The summed E-state index contributed by atoms with van der Waals surface area (Å²) in [5, 5.41) is 5.54. The van der Waals surface area contributed by atoms with Crippen molar-refractivity contribution in [2.24, 2.45) is 0 Å². The van der Waals surface area contributed by atoms with Gasteiger partial charge < -0.3 is 19.8 Å². The van der Waals surface area contributed by atoms with Crippen molar-refractivity contribution in [1.82, 2.24) is 14.7 Å². The summed E-state index contributed by atoms with van der Waals surface area (Å²) in [6.45, 7) is 0.342. The predicted molar refractivity (Wildman–Crippen MR) is 91.7 cm³/mol. The molecule has 3 aromatic rings. The standard InChI is InChI=1S/C16H15BrN4O2/c1-23-14-4-2-3-12(7-14)20-16(22)18-8-13-10-21-9-11(17)5-6-15(21)19-13/h2-7,9-10H,8H2,1H3,(H2,18,20,22). The maximum Gasteiger partial charge on any atom is 0.319 e. The number of carbonyl (C=O) groups excluding carboxylic acids is 1. The van der Waals surface area contributed by atoms with E-state index < -0.39 is 0 Å². The molecule has 0 aliphatic carbocycles. The second-order valence-corrected chi connectivity index (χ2v) is 5.80. The Morgan fingerprint density at radius 1 is 1.30 bits per heavy atom. The molecule has 0 spiro atoms. The summed E-state index contributed by atoms with van der Waals surface area (Å²) in [5.41, 5.74) is 2.28. The van der Waals surface area contributed by atoms with Gasteiger partial charge in [-0.1, -0.05) is 6.07 Å². The van der Waals surface area contributed by atoms with Crippen LogP contribution in [0.2, 0.25) is 0 Å². The SMILES string of the molecule is COc1cccc(NC(=O)NCc2cn3cc(Br)ccc3n2)c1. The minimum Gasteiger partial charge on any atom is -0.497 e. The van der Waals surface area contributed by atoms with E-state index in [1.54, 1.807) is 19.2 Å². The predicted octanol–water partition coefficient (Wildman–Crippen LogP) is 3.43. The smallest absolute Gasteiger partial charge is 0.319 e. The van der Waals surface area contributed by atoms with E-state index in [2.05, 4.69) is 31.5 Å². The third-order valence-corrected chi connectivity index (χ3v) is 3.69. The van der Waals surface area contributed by atoms with Crippen molar-refractivity contribution < 1.29 is 9.53 Å². The lowest BCUT2D eigenvalue weighted by Gasteiger charge is -2.07. The van der Waals surface area contributed by atoms with Crippen molar-refractivity contribution >= 4 is 33.3 Å². The molecule has 0 bridgehead atoms. The van der Waals surface area contributed by atoms with Gasteiger partial charge >= 0.3 is 6.03 Å². The van der Waals surface area contributed by atoms with Crippen LogP contribution < -0.4 is 15.4 Å². The highest BCUT2D eigenvalue weighted by Crippen LogP contribution is 2.16. The first kappa shape index (κ1) is 15.4. The number of methoxy groups -OCH3 is 1. The molecule has 7 heteroatoms. The number of benzene rings is 1. The van der Waals surface area contributed by atoms with E-state index in [1.807, 2.05) is 41.1 Å². The number of nitrogens with zero attached hydrogens (tertiary/aromatic N) is 2. The Bertz CT molecular complexity index is 847. The molecule has 2 amide bonds. The Balaban J connectivity index is 1.61. The van der Waals surface area contributed by atoms with Gasteiger partial charge in [0.1, 0.15) is 11.4 Å². The fourth-order valence-electron chi connectivity index (χ4n) is 2.15. The average Bonchev–Trinajstić information content (AvgIpc) is 2.95. The maximum absolute atomic E-state index is 11.9. The van der Waals surface area contributed by atoms with Crippen LogP contribution in [0.5, 0.6) is 5.75 Å². The number of imidazole rings is 1. The van der Waals surface area contributed by atoms with E-state index >= 15 is 0 Å². The number of anilines is 1. The fraction of sp³-hybridized carbons (Fsp3) is 0.125. The lowest BCUT2D eigenvalue weighted by molar-refractivity contribution is 0.251. The molecule has 0 unspecified atom stereocenters. The molecule has 0 aliphatic rings. The molecular formula is C16H15BrN4O2. The molecule has 118 valence electrons. The molecule has 0 aliphatic heterocycles. The summed E-state index contributed by atoms with van der Waals surface area (Å²) in [7, 11) is 1.58. The lowest BCUT2D eigenvalue weighted by Crippen LogP contribution is -2.28. The minimum absolute atomic E-state index is 0.295. The number of ether oxygens (including phenoxy) is 1. The molecule has 3 rings (SSSR count). The van der Waals surface area contributed by atoms with E-state index in [0.717, 1.165) is 15.8 Å². The zero-order valence-electron chi connectivity index (χ0n) is 12.4. The highest BCUT2D eigenvalue weighted by atomic mass is 79.9. The number of carbonyl (C=O) groups is 1. The van der Waals surface area contributed by atoms with Crippen LogP contribution in [0.25, 0.3) is 5.65 Å². The van der Waals surface area contributed by atoms with Crippen LogP contribution in [-0.2, 0) is 6.54 Å². The number of urea groups is 1. The van der Waals surface area contributed by atoms with Gasteiger partial charge in [0.05, 0.1) is 19.3 Å². The molecule has 0 saturated heterocycles. The van der Waals surface area contributed by atoms with Gasteiger partial charge in [-0.2, -0.15) is 0 Å². The van der Waals surface area contributed by atoms with Crippen molar-refractivity contribution in [3.63, 3.8) is 0 Å². The fourth-order valence-corrected chi connectivity index (χ4v) is 2.50. The van der Waals surface area contributed by atoms with Gasteiger partial charge in [0.2, 0.25) is 0 Å². The highest BCUT2D eigenvalue weighted by molar-refractivity contribution is 9.10. The van der Waals surface area contributed by atoms with Crippen LogP contribution in [0.15, 0.2) is 53.3 Å². The topological polar surface area (TPSA) is 67.7 Å². The Kier molecular flexibility index (Phi) is 4.47. The number of aromatic nitrogens is 2. The summed E-state index contributed by atoms with van der Waals surface area (Å²) in [6, 6.07) is 10.7. The zero-order chi connectivity index (χ0) is 16.2. The lowest BCUT2D eigenvalue weighted by atomic mass is 10.3. The number of rotatable bonds is 4. The van der Waals surface area contributed by atoms with Gasteiger partial charge in [0, 0.05) is 28.6 Å². The molecule has 1 aromatic carbocycles. The van der Waals surface area contributed by atoms with Crippen LogP contribution in [0.3, 0.4) is 0 Å². The van der Waals surface area contributed by atoms with Gasteiger partial charge in [0.15, 0.2) is 0 Å². The Hall–Kier alpha value is -2.54. The molecular weight excluding hydrogens is 360 g/mol. The van der Waals surface area contributed by atoms with Gasteiger partial charge in [-0.15, -0.1) is 0 Å². The van der Waals surface area contributed by atoms with Gasteiger partial charge in [-0.05, 0) is 40.2 Å². The van der Waals surface area contributed by atoms with Crippen LogP contribution >= 0.6 is 15.9 Å². The third kappa shape index (κ3) is 3.81. The summed E-state index contributed by atoms with van der Waals surface area (Å²) in [4.78, 5) is 16.4. The van der Waals surface area contributed by atoms with Crippen molar-refractivity contribution in [3.05, 3.63) is 59.0 Å². The minimum atomic E-state index is -0.295. The van der Waals surface area contributed by atoms with Crippen molar-refractivity contribution in [2.75, 3.05) is 12.4 Å². The largest absolute Gasteiger partial charge is 0.497 e.